The Balaban J connectivity index is 1.97. The van der Waals surface area contributed by atoms with Crippen molar-refractivity contribution in [1.82, 2.24) is 0 Å². The topological polar surface area (TPSA) is 0 Å². The summed E-state index contributed by atoms with van der Waals surface area (Å²) in [5.74, 6) is 1.62. The molecule has 0 atom stereocenters. The molecule has 0 aromatic heterocycles. The van der Waals surface area contributed by atoms with Crippen molar-refractivity contribution in [1.29, 1.82) is 0 Å². The summed E-state index contributed by atoms with van der Waals surface area (Å²) in [7, 11) is -0.155. The molecule has 0 saturated heterocycles. The molecule has 2 fully saturated rings. The van der Waals surface area contributed by atoms with Crippen molar-refractivity contribution in [3.8, 4) is 11.1 Å². The standard InChI is InChI=1S/C33H48P.Au/c1-23(2)26-21-30(24(3)4)33(31(22-26)25(5)6)29-19-13-14-20-32(29)34(27-15-9-7-10-16-27)28-17-11-8-12-18-28;/h13-14,19,21-25,27-28H,7-12,15-18H2,1-6H3;. The molecule has 0 nitrogen and oxygen atoms in total. The fourth-order valence-corrected chi connectivity index (χ4v) is 11.9. The van der Waals surface area contributed by atoms with E-state index in [4.69, 9.17) is 0 Å². The zero-order chi connectivity index (χ0) is 25.1. The average Bonchev–Trinajstić information content (AvgIpc) is 2.85. The van der Waals surface area contributed by atoms with Crippen LogP contribution < -0.4 is 9.09 Å². The quantitative estimate of drug-likeness (QED) is 0.203. The Morgan fingerprint density at radius 2 is 1.17 bits per heavy atom. The summed E-state index contributed by atoms with van der Waals surface area (Å²) in [4.78, 5) is 0. The molecule has 0 bridgehead atoms. The van der Waals surface area contributed by atoms with E-state index in [9.17, 15) is 0 Å². The second kappa shape index (κ2) is 12.4. The molecule has 2 saturated carbocycles. The van der Waals surface area contributed by atoms with Crippen molar-refractivity contribution in [3.05, 3.63) is 47.0 Å². The van der Waals surface area contributed by atoms with E-state index >= 15 is 0 Å². The Morgan fingerprint density at radius 3 is 1.60 bits per heavy atom. The number of benzene rings is 2. The van der Waals surface area contributed by atoms with Crippen LogP contribution in [-0.4, -0.2) is 11.3 Å². The molecule has 2 aliphatic carbocycles. The van der Waals surface area contributed by atoms with Crippen LogP contribution in [0.5, 0.6) is 0 Å². The first-order chi connectivity index (χ1) is 16.8. The molecule has 2 aromatic rings. The SMILES string of the molecule is CC(C)c1cc(C(C)C)c(-c2ccc[c]([Au])c2P(C2CCCCC2)C2CCCCC2)c(C(C)C)c1. The molecule has 0 radical (unpaired) electrons. The number of hydrogen-bond donors (Lipinski definition) is 0. The summed E-state index contributed by atoms with van der Waals surface area (Å²) < 4.78 is 1.52. The molecule has 2 aromatic carbocycles. The second-order valence-corrected chi connectivity index (χ2v) is 16.0. The van der Waals surface area contributed by atoms with E-state index in [1.165, 1.54) is 73.6 Å². The molecular formula is C33H48AuP. The predicted molar refractivity (Wildman–Crippen MR) is 154 cm³/mol. The molecule has 4 rings (SSSR count). The molecule has 196 valence electrons. The first kappa shape index (κ1) is 27.6. The third-order valence-corrected chi connectivity index (χ3v) is 13.5. The van der Waals surface area contributed by atoms with Gasteiger partial charge in [-0.05, 0) is 0 Å². The van der Waals surface area contributed by atoms with Crippen LogP contribution in [-0.2, 0) is 21.1 Å². The fourth-order valence-electron chi connectivity index (χ4n) is 6.60. The molecule has 2 aliphatic rings. The zero-order valence-electron chi connectivity index (χ0n) is 23.1. The van der Waals surface area contributed by atoms with Gasteiger partial charge in [0.05, 0.1) is 0 Å². The van der Waals surface area contributed by atoms with Crippen molar-refractivity contribution in [2.75, 3.05) is 0 Å². The normalized spacial score (nSPS) is 18.4. The Bertz CT molecular complexity index is 930. The van der Waals surface area contributed by atoms with Crippen LogP contribution in [0.4, 0.5) is 0 Å². The van der Waals surface area contributed by atoms with E-state index in [1.54, 1.807) is 27.6 Å². The summed E-state index contributed by atoms with van der Waals surface area (Å²) in [6.45, 7) is 14.3. The number of hydrogen-bond acceptors (Lipinski definition) is 0. The molecule has 0 aliphatic heterocycles. The van der Waals surface area contributed by atoms with Crippen LogP contribution in [0.25, 0.3) is 11.1 Å². The zero-order valence-corrected chi connectivity index (χ0v) is 26.2. The monoisotopic (exact) mass is 672 g/mol. The molecule has 0 heterocycles. The second-order valence-electron chi connectivity index (χ2n) is 12.1. The van der Waals surface area contributed by atoms with Gasteiger partial charge >= 0.3 is 231 Å². The van der Waals surface area contributed by atoms with Gasteiger partial charge in [0.1, 0.15) is 0 Å². The summed E-state index contributed by atoms with van der Waals surface area (Å²) in [5, 5.41) is 1.77. The van der Waals surface area contributed by atoms with E-state index in [1.807, 2.05) is 0 Å². The van der Waals surface area contributed by atoms with Gasteiger partial charge in [0.15, 0.2) is 0 Å². The van der Waals surface area contributed by atoms with E-state index in [2.05, 4.69) is 92.9 Å². The van der Waals surface area contributed by atoms with E-state index in [0.717, 1.165) is 11.3 Å². The minimum atomic E-state index is -0.155. The molecule has 0 amide bonds. The van der Waals surface area contributed by atoms with Crippen molar-refractivity contribution in [3.63, 3.8) is 0 Å². The van der Waals surface area contributed by atoms with E-state index in [-0.39, 0.29) is 7.92 Å². The van der Waals surface area contributed by atoms with Crippen LogP contribution in [0.1, 0.15) is 140 Å². The average molecular weight is 673 g/mol. The molecular weight excluding hydrogens is 624 g/mol. The van der Waals surface area contributed by atoms with Crippen molar-refractivity contribution in [2.45, 2.75) is 135 Å². The van der Waals surface area contributed by atoms with Crippen molar-refractivity contribution < 1.29 is 21.1 Å². The van der Waals surface area contributed by atoms with Gasteiger partial charge in [-0.1, -0.05) is 0 Å². The summed E-state index contributed by atoms with van der Waals surface area (Å²) in [6.07, 6.45) is 14.5. The van der Waals surface area contributed by atoms with Gasteiger partial charge in [-0.2, -0.15) is 0 Å². The summed E-state index contributed by atoms with van der Waals surface area (Å²) >= 11 is 2.95. The van der Waals surface area contributed by atoms with Crippen LogP contribution in [0.2, 0.25) is 0 Å². The van der Waals surface area contributed by atoms with Crippen molar-refractivity contribution in [2.24, 2.45) is 0 Å². The van der Waals surface area contributed by atoms with Gasteiger partial charge in [0, 0.05) is 0 Å². The van der Waals surface area contributed by atoms with Crippen LogP contribution in [0, 0.1) is 0 Å². The fraction of sp³-hybridized carbons (Fsp3) is 0.636. The maximum absolute atomic E-state index is 2.95. The molecule has 35 heavy (non-hydrogen) atoms. The molecule has 0 unspecified atom stereocenters. The van der Waals surface area contributed by atoms with Crippen molar-refractivity contribution >= 4 is 17.0 Å². The maximum atomic E-state index is 2.95. The Hall–Kier alpha value is -0.390. The van der Waals surface area contributed by atoms with Gasteiger partial charge in [0.25, 0.3) is 0 Å². The molecule has 2 heteroatoms. The summed E-state index contributed by atoms with van der Waals surface area (Å²) in [6, 6.07) is 12.4. The van der Waals surface area contributed by atoms with E-state index < -0.39 is 0 Å². The molecule has 0 spiro atoms. The predicted octanol–water partition coefficient (Wildman–Crippen LogP) is 9.67. The first-order valence-electron chi connectivity index (χ1n) is 14.5. The number of rotatable bonds is 7. The van der Waals surface area contributed by atoms with Crippen LogP contribution >= 0.6 is 7.92 Å². The van der Waals surface area contributed by atoms with Crippen LogP contribution in [0.15, 0.2) is 30.3 Å². The van der Waals surface area contributed by atoms with Gasteiger partial charge in [-0.3, -0.25) is 0 Å². The third-order valence-electron chi connectivity index (χ3n) is 8.55. The van der Waals surface area contributed by atoms with E-state index in [0.29, 0.717) is 17.8 Å². The summed E-state index contributed by atoms with van der Waals surface area (Å²) in [5.41, 5.74) is 9.68. The Labute approximate surface area is 230 Å². The van der Waals surface area contributed by atoms with Gasteiger partial charge < -0.3 is 0 Å². The minimum absolute atomic E-state index is 0.155. The Kier molecular flexibility index (Phi) is 9.82. The Morgan fingerprint density at radius 1 is 0.686 bits per heavy atom. The van der Waals surface area contributed by atoms with Gasteiger partial charge in [-0.25, -0.2) is 0 Å². The van der Waals surface area contributed by atoms with Crippen LogP contribution in [0.3, 0.4) is 0 Å². The first-order valence-corrected chi connectivity index (χ1v) is 17.1. The molecule has 0 N–H and O–H groups in total. The third kappa shape index (κ3) is 6.20. The van der Waals surface area contributed by atoms with Gasteiger partial charge in [0.2, 0.25) is 0 Å². The van der Waals surface area contributed by atoms with Gasteiger partial charge in [-0.15, -0.1) is 0 Å².